The second kappa shape index (κ2) is 6.17. The van der Waals surface area contributed by atoms with Crippen LogP contribution in [0.5, 0.6) is 0 Å². The van der Waals surface area contributed by atoms with E-state index in [1.54, 1.807) is 6.20 Å². The first-order valence-corrected chi connectivity index (χ1v) is 10.5. The molecule has 2 N–H and O–H groups in total. The highest BCUT2D eigenvalue weighted by atomic mass is 32.2. The highest BCUT2D eigenvalue weighted by molar-refractivity contribution is 7.88. The molecule has 138 valence electrons. The number of fused-ring (bicyclic) bond motifs is 2. The molecule has 9 heteroatoms. The highest BCUT2D eigenvalue weighted by Crippen LogP contribution is 2.33. The monoisotopic (exact) mass is 375 g/mol. The molecule has 0 bridgehead atoms. The van der Waals surface area contributed by atoms with Gasteiger partial charge in [-0.2, -0.15) is 14.1 Å². The van der Waals surface area contributed by atoms with Gasteiger partial charge >= 0.3 is 0 Å². The van der Waals surface area contributed by atoms with Crippen LogP contribution >= 0.6 is 0 Å². The largest absolute Gasteiger partial charge is 0.383 e. The van der Waals surface area contributed by atoms with Crippen LogP contribution < -0.4 is 5.73 Å². The van der Waals surface area contributed by atoms with Crippen molar-refractivity contribution < 1.29 is 13.2 Å². The molecule has 0 aromatic carbocycles. The zero-order valence-electron chi connectivity index (χ0n) is 14.6. The van der Waals surface area contributed by atoms with Crippen molar-refractivity contribution in [3.63, 3.8) is 0 Å². The molecule has 8 nitrogen and oxygen atoms in total. The summed E-state index contributed by atoms with van der Waals surface area (Å²) >= 11 is 0. The summed E-state index contributed by atoms with van der Waals surface area (Å²) in [6, 6.07) is 3.78. The van der Waals surface area contributed by atoms with Crippen LogP contribution in [0, 0.1) is 0 Å². The van der Waals surface area contributed by atoms with E-state index in [2.05, 4.69) is 10.1 Å². The quantitative estimate of drug-likeness (QED) is 0.836. The molecule has 0 saturated carbocycles. The molecule has 0 radical (unpaired) electrons. The van der Waals surface area contributed by atoms with E-state index in [1.165, 1.54) is 15.2 Å². The molecule has 3 heterocycles. The SMILES string of the molecule is CS(=O)(=O)N1CCc2c(nn(C(=O)C3CCCc4ncccc43)c2N)C1. The van der Waals surface area contributed by atoms with Gasteiger partial charge in [0.25, 0.3) is 5.91 Å². The second-order valence-electron chi connectivity index (χ2n) is 6.89. The number of hydrogen-bond donors (Lipinski definition) is 1. The Bertz CT molecular complexity index is 982. The van der Waals surface area contributed by atoms with Crippen molar-refractivity contribution >= 4 is 21.7 Å². The maximum atomic E-state index is 13.1. The maximum absolute atomic E-state index is 13.1. The van der Waals surface area contributed by atoms with Crippen LogP contribution in [0.4, 0.5) is 5.82 Å². The minimum absolute atomic E-state index is 0.154. The van der Waals surface area contributed by atoms with Crippen molar-refractivity contribution in [1.82, 2.24) is 19.1 Å². The molecule has 1 unspecified atom stereocenters. The van der Waals surface area contributed by atoms with Gasteiger partial charge in [-0.25, -0.2) is 8.42 Å². The third kappa shape index (κ3) is 2.80. The molecule has 4 rings (SSSR count). The summed E-state index contributed by atoms with van der Waals surface area (Å²) in [4.78, 5) is 17.5. The standard InChI is InChI=1S/C17H21N5O3S/c1-26(24,25)21-9-7-13-15(10-21)20-22(16(13)18)17(23)12-4-2-6-14-11(12)5-3-8-19-14/h3,5,8,12H,2,4,6-7,9-10,18H2,1H3. The number of nitrogens with zero attached hydrogens (tertiary/aromatic N) is 4. The number of carbonyl (C=O) groups is 1. The first-order chi connectivity index (χ1) is 12.4. The maximum Gasteiger partial charge on any atom is 0.256 e. The van der Waals surface area contributed by atoms with Crippen molar-refractivity contribution in [3.8, 4) is 0 Å². The molecule has 0 fully saturated rings. The van der Waals surface area contributed by atoms with Gasteiger partial charge in [0, 0.05) is 24.0 Å². The van der Waals surface area contributed by atoms with E-state index >= 15 is 0 Å². The molecule has 0 spiro atoms. The van der Waals surface area contributed by atoms with E-state index in [0.29, 0.717) is 24.5 Å². The fourth-order valence-corrected chi connectivity index (χ4v) is 4.63. The number of nitrogen functional groups attached to an aromatic ring is 1. The first kappa shape index (κ1) is 17.2. The molecular formula is C17H21N5O3S. The van der Waals surface area contributed by atoms with Gasteiger partial charge in [-0.1, -0.05) is 6.07 Å². The topological polar surface area (TPSA) is 111 Å². The van der Waals surface area contributed by atoms with E-state index in [-0.39, 0.29) is 18.4 Å². The van der Waals surface area contributed by atoms with Gasteiger partial charge in [0.05, 0.1) is 24.4 Å². The van der Waals surface area contributed by atoms with Crippen LogP contribution in [-0.2, 0) is 29.4 Å². The second-order valence-corrected chi connectivity index (χ2v) is 8.87. The van der Waals surface area contributed by atoms with Gasteiger partial charge in [0.1, 0.15) is 5.82 Å². The Morgan fingerprint density at radius 3 is 2.88 bits per heavy atom. The van der Waals surface area contributed by atoms with Crippen molar-refractivity contribution in [3.05, 3.63) is 40.8 Å². The molecule has 1 atom stereocenters. The lowest BCUT2D eigenvalue weighted by atomic mass is 9.85. The molecule has 1 aliphatic heterocycles. The molecule has 26 heavy (non-hydrogen) atoms. The zero-order chi connectivity index (χ0) is 18.5. The Labute approximate surface area is 152 Å². The van der Waals surface area contributed by atoms with Gasteiger partial charge < -0.3 is 5.73 Å². The number of anilines is 1. The summed E-state index contributed by atoms with van der Waals surface area (Å²) in [7, 11) is -3.30. The van der Waals surface area contributed by atoms with Crippen LogP contribution in [-0.4, -0.2) is 46.2 Å². The van der Waals surface area contributed by atoms with Gasteiger partial charge in [-0.3, -0.25) is 9.78 Å². The Morgan fingerprint density at radius 1 is 1.31 bits per heavy atom. The fraction of sp³-hybridized carbons (Fsp3) is 0.471. The smallest absolute Gasteiger partial charge is 0.256 e. The van der Waals surface area contributed by atoms with Crippen LogP contribution in [0.25, 0.3) is 0 Å². The number of aryl methyl sites for hydroxylation is 1. The van der Waals surface area contributed by atoms with Crippen molar-refractivity contribution in [2.24, 2.45) is 0 Å². The van der Waals surface area contributed by atoms with E-state index in [0.717, 1.165) is 36.1 Å². The summed E-state index contributed by atoms with van der Waals surface area (Å²) in [5, 5.41) is 4.38. The summed E-state index contributed by atoms with van der Waals surface area (Å²) in [6.07, 6.45) is 5.88. The number of carbonyl (C=O) groups excluding carboxylic acids is 1. The van der Waals surface area contributed by atoms with Gasteiger partial charge in [-0.15, -0.1) is 0 Å². The van der Waals surface area contributed by atoms with Crippen LogP contribution in [0.1, 0.15) is 46.1 Å². The fourth-order valence-electron chi connectivity index (χ4n) is 3.85. The number of aromatic nitrogens is 3. The van der Waals surface area contributed by atoms with Gasteiger partial charge in [0.15, 0.2) is 0 Å². The number of rotatable bonds is 2. The van der Waals surface area contributed by atoms with Crippen molar-refractivity contribution in [1.29, 1.82) is 0 Å². The number of nitrogens with two attached hydrogens (primary N) is 1. The van der Waals surface area contributed by atoms with Crippen molar-refractivity contribution in [2.45, 2.75) is 38.1 Å². The van der Waals surface area contributed by atoms with E-state index in [9.17, 15) is 13.2 Å². The summed E-state index contributed by atoms with van der Waals surface area (Å²) < 4.78 is 26.2. The predicted octanol–water partition coefficient (Wildman–Crippen LogP) is 0.938. The summed E-state index contributed by atoms with van der Waals surface area (Å²) in [5.41, 5.74) is 9.44. The average molecular weight is 375 g/mol. The lowest BCUT2D eigenvalue weighted by Gasteiger charge is -2.23. The number of sulfonamides is 1. The Balaban J connectivity index is 1.68. The molecule has 0 amide bonds. The lowest BCUT2D eigenvalue weighted by Crippen LogP contribution is -2.35. The number of hydrogen-bond acceptors (Lipinski definition) is 6. The van der Waals surface area contributed by atoms with Gasteiger partial charge in [0.2, 0.25) is 10.0 Å². The molecule has 2 aliphatic rings. The Morgan fingerprint density at radius 2 is 2.12 bits per heavy atom. The van der Waals surface area contributed by atoms with Crippen LogP contribution in [0.15, 0.2) is 18.3 Å². The molecule has 0 saturated heterocycles. The minimum Gasteiger partial charge on any atom is -0.383 e. The Kier molecular flexibility index (Phi) is 4.07. The van der Waals surface area contributed by atoms with E-state index < -0.39 is 10.0 Å². The van der Waals surface area contributed by atoms with Crippen LogP contribution in [0.3, 0.4) is 0 Å². The molecule has 2 aromatic heterocycles. The normalized spacial score (nSPS) is 20.4. The zero-order valence-corrected chi connectivity index (χ0v) is 15.4. The molecule has 2 aromatic rings. The van der Waals surface area contributed by atoms with Gasteiger partial charge in [-0.05, 0) is 37.3 Å². The first-order valence-electron chi connectivity index (χ1n) is 8.65. The minimum atomic E-state index is -3.30. The third-order valence-electron chi connectivity index (χ3n) is 5.23. The van der Waals surface area contributed by atoms with Crippen molar-refractivity contribution in [2.75, 3.05) is 18.5 Å². The highest BCUT2D eigenvalue weighted by Gasteiger charge is 2.33. The molecule has 1 aliphatic carbocycles. The number of pyridine rings is 1. The van der Waals surface area contributed by atoms with E-state index in [1.807, 2.05) is 12.1 Å². The van der Waals surface area contributed by atoms with Crippen LogP contribution in [0.2, 0.25) is 0 Å². The lowest BCUT2D eigenvalue weighted by molar-refractivity contribution is 0.0853. The summed E-state index contributed by atoms with van der Waals surface area (Å²) in [5.74, 6) is -0.159. The van der Waals surface area contributed by atoms with E-state index in [4.69, 9.17) is 5.73 Å². The molecular weight excluding hydrogens is 354 g/mol. The average Bonchev–Trinajstić information content (AvgIpc) is 2.96. The Hall–Kier alpha value is -2.26. The predicted molar refractivity (Wildman–Crippen MR) is 96.1 cm³/mol. The third-order valence-corrected chi connectivity index (χ3v) is 6.48. The summed E-state index contributed by atoms with van der Waals surface area (Å²) in [6.45, 7) is 0.507.